The fourth-order valence-electron chi connectivity index (χ4n) is 6.95. The van der Waals surface area contributed by atoms with E-state index in [4.69, 9.17) is 15.0 Å². The number of H-pyrrole nitrogens is 1. The zero-order chi connectivity index (χ0) is 30.3. The van der Waals surface area contributed by atoms with Gasteiger partial charge in [-0.05, 0) is 110 Å². The Balaban J connectivity index is 1.94. The van der Waals surface area contributed by atoms with Gasteiger partial charge in [-0.3, -0.25) is 0 Å². The third-order valence-electron chi connectivity index (χ3n) is 8.77. The highest BCUT2D eigenvalue weighted by atomic mass is 16.3. The van der Waals surface area contributed by atoms with Gasteiger partial charge in [-0.1, -0.05) is 41.5 Å². The number of aromatic nitrogens is 1. The Morgan fingerprint density at radius 2 is 1.14 bits per heavy atom. The Hall–Kier alpha value is -3.77. The van der Waals surface area contributed by atoms with Gasteiger partial charge < -0.3 is 15.2 Å². The van der Waals surface area contributed by atoms with Crippen molar-refractivity contribution >= 4 is 35.0 Å². The fourth-order valence-corrected chi connectivity index (χ4v) is 6.95. The van der Waals surface area contributed by atoms with Gasteiger partial charge in [-0.25, -0.2) is 15.0 Å². The Bertz CT molecular complexity index is 1750. The molecule has 0 fully saturated rings. The van der Waals surface area contributed by atoms with Crippen LogP contribution >= 0.6 is 0 Å². The Morgan fingerprint density at radius 3 is 1.64 bits per heavy atom. The number of aromatic amines is 1. The van der Waals surface area contributed by atoms with Crippen LogP contribution in [-0.4, -0.2) is 38.4 Å². The molecule has 6 nitrogen and oxygen atoms in total. The molecule has 220 valence electrons. The smallest absolute Gasteiger partial charge is 0.0988 e. The molecule has 0 saturated heterocycles. The van der Waals surface area contributed by atoms with Crippen molar-refractivity contribution in [3.05, 3.63) is 84.5 Å². The molecular weight excluding hydrogens is 520 g/mol. The summed E-state index contributed by atoms with van der Waals surface area (Å²) in [4.78, 5) is 19.1. The van der Waals surface area contributed by atoms with E-state index >= 15 is 0 Å². The first kappa shape index (κ1) is 29.7. The van der Waals surface area contributed by atoms with Gasteiger partial charge in [0.15, 0.2) is 0 Å². The highest BCUT2D eigenvalue weighted by molar-refractivity contribution is 6.24. The summed E-state index contributed by atoms with van der Waals surface area (Å²) in [6, 6.07) is 0. The lowest BCUT2D eigenvalue weighted by Crippen LogP contribution is -2.28. The zero-order valence-electron chi connectivity index (χ0n) is 26.4. The molecule has 1 unspecified atom stereocenters. The van der Waals surface area contributed by atoms with Crippen LogP contribution in [-0.2, 0) is 6.42 Å². The predicted molar refractivity (Wildman–Crippen MR) is 176 cm³/mol. The van der Waals surface area contributed by atoms with E-state index in [-0.39, 0.29) is 5.76 Å². The number of hydrogen-bond donors (Lipinski definition) is 3. The number of rotatable bonds is 7. The van der Waals surface area contributed by atoms with Gasteiger partial charge >= 0.3 is 0 Å². The van der Waals surface area contributed by atoms with E-state index in [1.54, 1.807) is 6.92 Å². The molecule has 5 rings (SSSR count). The Morgan fingerprint density at radius 1 is 0.667 bits per heavy atom. The Kier molecular flexibility index (Phi) is 8.38. The van der Waals surface area contributed by atoms with Crippen LogP contribution in [0.3, 0.4) is 0 Å². The van der Waals surface area contributed by atoms with E-state index in [0.29, 0.717) is 0 Å². The summed E-state index contributed by atoms with van der Waals surface area (Å²) in [7, 11) is 0. The van der Waals surface area contributed by atoms with Crippen molar-refractivity contribution in [3.8, 4) is 0 Å². The average molecular weight is 565 g/mol. The van der Waals surface area contributed by atoms with Crippen molar-refractivity contribution in [2.75, 3.05) is 0 Å². The summed E-state index contributed by atoms with van der Waals surface area (Å²) in [5.41, 5.74) is 14.1. The summed E-state index contributed by atoms with van der Waals surface area (Å²) in [6.45, 7) is 16.5. The molecule has 0 amide bonds. The minimum Gasteiger partial charge on any atom is -0.512 e. The second kappa shape index (κ2) is 11.8. The van der Waals surface area contributed by atoms with Crippen LogP contribution in [0.1, 0.15) is 98.8 Å². The van der Waals surface area contributed by atoms with Crippen molar-refractivity contribution in [2.45, 2.75) is 100 Å². The lowest BCUT2D eigenvalue weighted by Gasteiger charge is -2.11. The number of allylic oxidation sites excluding steroid dienone is 7. The SMILES string of the molecule is CCC1=C(CC)C2=NC1=Cc1[nH]c(/c(=C(/C)O)c1CC)=CC1=NC(=CC3=NC(=C2)C(CC)=C3C(C)O)C(CC)=C1CC. The molecule has 1 aromatic heterocycles. The van der Waals surface area contributed by atoms with Gasteiger partial charge in [0, 0.05) is 16.5 Å². The Labute approximate surface area is 249 Å². The van der Waals surface area contributed by atoms with Crippen LogP contribution in [0.2, 0.25) is 0 Å². The molecule has 4 aliphatic heterocycles. The fraction of sp³-hybridized carbons (Fsp3) is 0.417. The number of fused-ring (bicyclic) bond motifs is 5. The largest absolute Gasteiger partial charge is 0.512 e. The molecule has 0 spiro atoms. The van der Waals surface area contributed by atoms with Crippen LogP contribution in [0.4, 0.5) is 0 Å². The maximum absolute atomic E-state index is 11.0. The summed E-state index contributed by atoms with van der Waals surface area (Å²) < 4.78 is 0. The van der Waals surface area contributed by atoms with Crippen LogP contribution in [0.5, 0.6) is 0 Å². The van der Waals surface area contributed by atoms with Gasteiger partial charge in [0.1, 0.15) is 0 Å². The van der Waals surface area contributed by atoms with Gasteiger partial charge in [-0.15, -0.1) is 0 Å². The van der Waals surface area contributed by atoms with Crippen molar-refractivity contribution in [2.24, 2.45) is 15.0 Å². The molecule has 3 N–H and O–H groups in total. The van der Waals surface area contributed by atoms with E-state index in [0.717, 1.165) is 106 Å². The van der Waals surface area contributed by atoms with Crippen LogP contribution in [0.15, 0.2) is 77.7 Å². The lowest BCUT2D eigenvalue weighted by molar-refractivity contribution is 0.237. The molecule has 8 bridgehead atoms. The van der Waals surface area contributed by atoms with Gasteiger partial charge in [0.25, 0.3) is 0 Å². The molecule has 0 radical (unpaired) electrons. The number of aliphatic hydroxyl groups excluding tert-OH is 2. The minimum absolute atomic E-state index is 0.287. The minimum atomic E-state index is -0.664. The van der Waals surface area contributed by atoms with Crippen LogP contribution < -0.4 is 10.6 Å². The normalized spacial score (nSPS) is 19.8. The number of nitrogens with zero attached hydrogens (tertiary/aromatic N) is 3. The maximum Gasteiger partial charge on any atom is 0.0988 e. The van der Waals surface area contributed by atoms with E-state index in [1.807, 2.05) is 6.92 Å². The number of aliphatic imine (C=N–C) groups is 3. The highest BCUT2D eigenvalue weighted by Gasteiger charge is 2.29. The molecule has 1 atom stereocenters. The average Bonchev–Trinajstić information content (AvgIpc) is 3.68. The quantitative estimate of drug-likeness (QED) is 0.338. The summed E-state index contributed by atoms with van der Waals surface area (Å²) >= 11 is 0. The molecule has 0 saturated carbocycles. The summed E-state index contributed by atoms with van der Waals surface area (Å²) in [5, 5.41) is 23.5. The zero-order valence-corrected chi connectivity index (χ0v) is 26.4. The van der Waals surface area contributed by atoms with Crippen molar-refractivity contribution < 1.29 is 10.2 Å². The standard InChI is InChI=1S/C36H44N4O2/c1-9-21-22(10-2)28-16-32-26(14-6)36(20(8)42)34(40-32)18-30-24(12-4)23(11-3)29(38-30)17-33-35(19(7)41)25(13-5)31(39-33)15-27(21)37-28/h15-19,40-42H,9-14H2,1-8H3/b28-16?,29-17?,31-15?,34-18?,36-20-. The van der Waals surface area contributed by atoms with Gasteiger partial charge in [0.05, 0.1) is 51.4 Å². The van der Waals surface area contributed by atoms with Crippen LogP contribution in [0.25, 0.3) is 17.9 Å². The molecule has 0 aliphatic carbocycles. The first-order chi connectivity index (χ1) is 20.2. The second-order valence-corrected chi connectivity index (χ2v) is 11.2. The topological polar surface area (TPSA) is 93.3 Å². The lowest BCUT2D eigenvalue weighted by atomic mass is 9.94. The van der Waals surface area contributed by atoms with E-state index in [1.165, 1.54) is 22.3 Å². The van der Waals surface area contributed by atoms with Gasteiger partial charge in [0.2, 0.25) is 0 Å². The predicted octanol–water partition coefficient (Wildman–Crippen LogP) is 6.85. The van der Waals surface area contributed by atoms with E-state index in [9.17, 15) is 10.2 Å². The third-order valence-corrected chi connectivity index (χ3v) is 8.77. The van der Waals surface area contributed by atoms with Crippen LogP contribution in [0, 0.1) is 0 Å². The van der Waals surface area contributed by atoms with E-state index < -0.39 is 6.10 Å². The molecule has 5 heterocycles. The third kappa shape index (κ3) is 4.86. The van der Waals surface area contributed by atoms with E-state index in [2.05, 4.69) is 70.8 Å². The molecule has 6 heteroatoms. The molecule has 4 aliphatic rings. The summed E-state index contributed by atoms with van der Waals surface area (Å²) in [6.07, 6.45) is 12.6. The van der Waals surface area contributed by atoms with Crippen molar-refractivity contribution in [1.29, 1.82) is 0 Å². The molecule has 42 heavy (non-hydrogen) atoms. The first-order valence-corrected chi connectivity index (χ1v) is 15.6. The number of hydrogen-bond acceptors (Lipinski definition) is 5. The highest BCUT2D eigenvalue weighted by Crippen LogP contribution is 2.37. The maximum atomic E-state index is 11.0. The van der Waals surface area contributed by atoms with Crippen molar-refractivity contribution in [3.63, 3.8) is 0 Å². The first-order valence-electron chi connectivity index (χ1n) is 15.6. The van der Waals surface area contributed by atoms with Crippen molar-refractivity contribution in [1.82, 2.24) is 4.98 Å². The number of aliphatic hydroxyl groups is 2. The number of nitrogens with one attached hydrogen (secondary N) is 1. The monoisotopic (exact) mass is 564 g/mol. The summed E-state index contributed by atoms with van der Waals surface area (Å²) in [5.74, 6) is 0.287. The second-order valence-electron chi connectivity index (χ2n) is 11.2. The molecule has 0 aromatic carbocycles. The molecular formula is C36H44N4O2. The van der Waals surface area contributed by atoms with Gasteiger partial charge in [-0.2, -0.15) is 0 Å². The molecule has 1 aromatic rings.